The zero-order valence-corrected chi connectivity index (χ0v) is 17.9. The molecule has 120 valence electrons. The van der Waals surface area contributed by atoms with Crippen LogP contribution in [0.25, 0.3) is 0 Å². The third-order valence-corrected chi connectivity index (χ3v) is 6.07. The first-order chi connectivity index (χ1) is 10.1. The van der Waals surface area contributed by atoms with Gasteiger partial charge in [0.2, 0.25) is 0 Å². The second-order valence-electron chi connectivity index (χ2n) is 4.22. The van der Waals surface area contributed by atoms with Crippen LogP contribution in [-0.2, 0) is 4.79 Å². The van der Waals surface area contributed by atoms with E-state index < -0.39 is 17.9 Å². The predicted octanol–water partition coefficient (Wildman–Crippen LogP) is 1.65. The summed E-state index contributed by atoms with van der Waals surface area (Å²) in [5.41, 5.74) is 6.79. The summed E-state index contributed by atoms with van der Waals surface area (Å²) in [7, 11) is 1.48. The highest BCUT2D eigenvalue weighted by molar-refractivity contribution is 14.1. The molecule has 1 rings (SSSR count). The van der Waals surface area contributed by atoms with Gasteiger partial charge >= 0.3 is 5.97 Å². The van der Waals surface area contributed by atoms with Crippen LogP contribution >= 0.6 is 67.8 Å². The molecule has 0 aliphatic rings. The summed E-state index contributed by atoms with van der Waals surface area (Å²) in [6, 6.07) is -1.05. The Morgan fingerprint density at radius 1 is 1.05 bits per heavy atom. The van der Waals surface area contributed by atoms with Crippen molar-refractivity contribution in [3.05, 3.63) is 21.8 Å². The molecule has 0 aromatic heterocycles. The quantitative estimate of drug-likeness (QED) is 0.294. The first kappa shape index (κ1) is 19.7. The average Bonchev–Trinajstić information content (AvgIpc) is 2.44. The van der Waals surface area contributed by atoms with Gasteiger partial charge in [0.05, 0.1) is 24.0 Å². The number of nitrogens with one attached hydrogen (secondary N) is 2. The fourth-order valence-corrected chi connectivity index (χ4v) is 5.68. The van der Waals surface area contributed by atoms with Gasteiger partial charge in [0.1, 0.15) is 6.04 Å². The maximum Gasteiger partial charge on any atom is 0.325 e. The number of anilines is 1. The number of nitrogen functional groups attached to an aromatic ring is 1. The molecular formula is C12H12I3N3O4. The number of carboxylic acid groups (broad SMARTS) is 1. The van der Waals surface area contributed by atoms with E-state index in [4.69, 9.17) is 10.8 Å². The highest BCUT2D eigenvalue weighted by Gasteiger charge is 2.27. The van der Waals surface area contributed by atoms with E-state index in [9.17, 15) is 14.4 Å². The summed E-state index contributed by atoms with van der Waals surface area (Å²) in [4.78, 5) is 35.2. The molecule has 10 heteroatoms. The van der Waals surface area contributed by atoms with Gasteiger partial charge < -0.3 is 21.5 Å². The smallest absolute Gasteiger partial charge is 0.325 e. The Balaban J connectivity index is 3.48. The summed E-state index contributed by atoms with van der Waals surface area (Å²) in [6.07, 6.45) is 0. The van der Waals surface area contributed by atoms with Crippen molar-refractivity contribution in [1.82, 2.24) is 10.6 Å². The van der Waals surface area contributed by atoms with Gasteiger partial charge in [-0.1, -0.05) is 0 Å². The number of rotatable bonds is 4. The molecule has 0 bridgehead atoms. The van der Waals surface area contributed by atoms with Crippen LogP contribution in [0.3, 0.4) is 0 Å². The van der Waals surface area contributed by atoms with Crippen LogP contribution in [-0.4, -0.2) is 36.0 Å². The fraction of sp³-hybridized carbons (Fsp3) is 0.250. The zero-order valence-electron chi connectivity index (χ0n) is 11.5. The van der Waals surface area contributed by atoms with E-state index in [0.29, 0.717) is 22.0 Å². The fourth-order valence-electron chi connectivity index (χ4n) is 1.54. The Labute approximate surface area is 167 Å². The second-order valence-corrected chi connectivity index (χ2v) is 7.45. The van der Waals surface area contributed by atoms with E-state index in [1.165, 1.54) is 14.0 Å². The van der Waals surface area contributed by atoms with Crippen molar-refractivity contribution in [2.75, 3.05) is 12.8 Å². The van der Waals surface area contributed by atoms with Crippen molar-refractivity contribution in [3.63, 3.8) is 0 Å². The molecule has 1 aromatic carbocycles. The van der Waals surface area contributed by atoms with Crippen molar-refractivity contribution in [1.29, 1.82) is 0 Å². The van der Waals surface area contributed by atoms with Gasteiger partial charge in [-0.2, -0.15) is 0 Å². The van der Waals surface area contributed by atoms with Crippen molar-refractivity contribution in [2.45, 2.75) is 13.0 Å². The predicted molar refractivity (Wildman–Crippen MR) is 107 cm³/mol. The van der Waals surface area contributed by atoms with E-state index in [2.05, 4.69) is 10.6 Å². The minimum atomic E-state index is -1.15. The number of amides is 2. The molecule has 1 unspecified atom stereocenters. The molecule has 2 amide bonds. The molecule has 0 saturated carbocycles. The molecule has 7 nitrogen and oxygen atoms in total. The zero-order chi connectivity index (χ0) is 17.2. The molecule has 1 atom stereocenters. The molecule has 22 heavy (non-hydrogen) atoms. The first-order valence-electron chi connectivity index (χ1n) is 5.85. The summed E-state index contributed by atoms with van der Waals surface area (Å²) >= 11 is 5.76. The summed E-state index contributed by atoms with van der Waals surface area (Å²) < 4.78 is 1.46. The number of nitrogens with two attached hydrogens (primary N) is 1. The molecular weight excluding hydrogens is 631 g/mol. The van der Waals surface area contributed by atoms with E-state index in [0.717, 1.165) is 0 Å². The summed E-state index contributed by atoms with van der Waals surface area (Å²) in [5, 5.41) is 13.8. The van der Waals surface area contributed by atoms with Gasteiger partial charge in [0.15, 0.2) is 0 Å². The maximum absolute atomic E-state index is 12.4. The van der Waals surface area contributed by atoms with Crippen LogP contribution in [0.4, 0.5) is 5.69 Å². The summed E-state index contributed by atoms with van der Waals surface area (Å²) in [6.45, 7) is 1.36. The Bertz CT molecular complexity index is 664. The Hall–Kier alpha value is -0.380. The standard InChI is InChI=1S/C12H12I3N3O4/c1-3(12(21)22)18-11(20)5-6(13)4(10(19)17-2)7(14)9(16)8(5)15/h3H,16H2,1-2H3,(H,17,19)(H,18,20)(H,21,22). The topological polar surface area (TPSA) is 122 Å². The van der Waals surface area contributed by atoms with Crippen molar-refractivity contribution < 1.29 is 19.5 Å². The number of aliphatic carboxylic acids is 1. The monoisotopic (exact) mass is 643 g/mol. The lowest BCUT2D eigenvalue weighted by Gasteiger charge is -2.17. The average molecular weight is 643 g/mol. The largest absolute Gasteiger partial charge is 0.480 e. The van der Waals surface area contributed by atoms with Gasteiger partial charge in [-0.15, -0.1) is 0 Å². The van der Waals surface area contributed by atoms with Gasteiger partial charge in [0, 0.05) is 10.6 Å². The van der Waals surface area contributed by atoms with Crippen LogP contribution in [0.2, 0.25) is 0 Å². The summed E-state index contributed by atoms with van der Waals surface area (Å²) in [5.74, 6) is -2.10. The minimum absolute atomic E-state index is 0.200. The number of benzene rings is 1. The lowest BCUT2D eigenvalue weighted by Crippen LogP contribution is -2.39. The Morgan fingerprint density at radius 3 is 1.91 bits per heavy atom. The molecule has 0 aliphatic heterocycles. The third kappa shape index (κ3) is 3.93. The Morgan fingerprint density at radius 2 is 1.50 bits per heavy atom. The Kier molecular flexibility index (Phi) is 7.10. The van der Waals surface area contributed by atoms with Crippen LogP contribution in [0, 0.1) is 10.7 Å². The number of carbonyl (C=O) groups is 3. The van der Waals surface area contributed by atoms with Crippen LogP contribution in [0.5, 0.6) is 0 Å². The molecule has 0 fully saturated rings. The molecule has 0 saturated heterocycles. The van der Waals surface area contributed by atoms with E-state index in [1.807, 2.05) is 67.8 Å². The van der Waals surface area contributed by atoms with Crippen molar-refractivity contribution in [2.24, 2.45) is 0 Å². The number of carbonyl (C=O) groups excluding carboxylic acids is 2. The van der Waals surface area contributed by atoms with Gasteiger partial charge in [0.25, 0.3) is 11.8 Å². The van der Waals surface area contributed by atoms with E-state index in [1.54, 1.807) is 0 Å². The number of carboxylic acids is 1. The SMILES string of the molecule is CNC(=O)c1c(I)c(N)c(I)c(C(=O)NC(C)C(=O)O)c1I. The number of hydrogen-bond acceptors (Lipinski definition) is 4. The third-order valence-electron chi connectivity index (χ3n) is 2.75. The van der Waals surface area contributed by atoms with Crippen molar-refractivity contribution in [3.8, 4) is 0 Å². The second kappa shape index (κ2) is 7.94. The molecule has 5 N–H and O–H groups in total. The minimum Gasteiger partial charge on any atom is -0.480 e. The highest BCUT2D eigenvalue weighted by Crippen LogP contribution is 2.33. The molecule has 0 spiro atoms. The normalized spacial score (nSPS) is 11.7. The lowest BCUT2D eigenvalue weighted by atomic mass is 10.1. The molecule has 0 heterocycles. The van der Waals surface area contributed by atoms with Crippen LogP contribution in [0.1, 0.15) is 27.6 Å². The van der Waals surface area contributed by atoms with Crippen molar-refractivity contribution >= 4 is 91.2 Å². The molecule has 0 radical (unpaired) electrons. The van der Waals surface area contributed by atoms with Crippen LogP contribution < -0.4 is 16.4 Å². The number of hydrogen-bond donors (Lipinski definition) is 4. The van der Waals surface area contributed by atoms with Gasteiger partial charge in [-0.05, 0) is 74.7 Å². The maximum atomic E-state index is 12.4. The first-order valence-corrected chi connectivity index (χ1v) is 9.08. The van der Waals surface area contributed by atoms with Gasteiger partial charge in [-0.3, -0.25) is 14.4 Å². The van der Waals surface area contributed by atoms with Crippen LogP contribution in [0.15, 0.2) is 0 Å². The molecule has 0 aliphatic carbocycles. The number of halogens is 3. The van der Waals surface area contributed by atoms with Gasteiger partial charge in [-0.25, -0.2) is 0 Å². The van der Waals surface area contributed by atoms with E-state index in [-0.39, 0.29) is 11.5 Å². The highest BCUT2D eigenvalue weighted by atomic mass is 127. The lowest BCUT2D eigenvalue weighted by molar-refractivity contribution is -0.138. The van der Waals surface area contributed by atoms with E-state index >= 15 is 0 Å². The molecule has 1 aromatic rings.